The molecule has 12 heteroatoms. The van der Waals surface area contributed by atoms with Gasteiger partial charge in [-0.2, -0.15) is 10.6 Å². The molecule has 0 radical (unpaired) electrons. The van der Waals surface area contributed by atoms with E-state index in [9.17, 15) is 31.5 Å². The third-order valence-corrected chi connectivity index (χ3v) is 7.96. The molecule has 2 aromatic rings. The fourth-order valence-corrected chi connectivity index (χ4v) is 6.12. The third kappa shape index (κ3) is 4.38. The van der Waals surface area contributed by atoms with Crippen molar-refractivity contribution in [1.82, 2.24) is 14.9 Å². The molecule has 3 heterocycles. The molecular weight excluding hydrogens is 458 g/mol. The number of fused-ring (bicyclic) bond motifs is 1. The van der Waals surface area contributed by atoms with Crippen molar-refractivity contribution in [3.8, 4) is 0 Å². The molecule has 1 unspecified atom stereocenters. The molecule has 170 valence electrons. The number of carbonyl (C=O) groups excluding carboxylic acids is 1. The van der Waals surface area contributed by atoms with E-state index in [1.165, 1.54) is 0 Å². The first-order valence-electron chi connectivity index (χ1n) is 9.72. The molecule has 6 nitrogen and oxygen atoms in total. The van der Waals surface area contributed by atoms with Crippen molar-refractivity contribution in [3.63, 3.8) is 0 Å². The van der Waals surface area contributed by atoms with Crippen LogP contribution in [0.15, 0.2) is 6.07 Å². The molecule has 0 aliphatic carbocycles. The normalized spacial score (nSPS) is 21.7. The summed E-state index contributed by atoms with van der Waals surface area (Å²) in [5, 5.41) is 2.85. The van der Waals surface area contributed by atoms with Crippen LogP contribution in [0.4, 0.5) is 17.6 Å². The number of hydrogen-bond donors (Lipinski definition) is 4. The Morgan fingerprint density at radius 1 is 1.19 bits per heavy atom. The van der Waals surface area contributed by atoms with E-state index in [2.05, 4.69) is 10.3 Å². The van der Waals surface area contributed by atoms with E-state index in [1.807, 2.05) is 0 Å². The van der Waals surface area contributed by atoms with Crippen molar-refractivity contribution in [2.24, 2.45) is 0 Å². The molecule has 0 saturated carbocycles. The van der Waals surface area contributed by atoms with Gasteiger partial charge in [-0.15, -0.1) is 0 Å². The van der Waals surface area contributed by atoms with Crippen LogP contribution in [0.3, 0.4) is 0 Å². The summed E-state index contributed by atoms with van der Waals surface area (Å²) in [5.74, 6) is -6.45. The zero-order valence-corrected chi connectivity index (χ0v) is 17.9. The van der Waals surface area contributed by atoms with Gasteiger partial charge in [0.15, 0.2) is 28.0 Å². The Bertz CT molecular complexity index is 1070. The highest BCUT2D eigenvalue weighted by molar-refractivity contribution is 8.24. The highest BCUT2D eigenvalue weighted by Gasteiger charge is 2.34. The zero-order chi connectivity index (χ0) is 22.5. The standard InChI is InChI=1S/C19H21F4N3O3S2/c20-11-6-12(21)18(23)16(17(11)22)9-5-14-13(25-19(30)26(14)8-9)7-15(27)24-10-1-3-31(28,29)4-2-10/h6,9-10,28-29H,1-5,7-8H2,(H,24,27)(H,25,30). The van der Waals surface area contributed by atoms with E-state index >= 15 is 0 Å². The molecule has 1 amide bonds. The Labute approximate surface area is 182 Å². The minimum atomic E-state index is -2.55. The van der Waals surface area contributed by atoms with Crippen LogP contribution in [0.2, 0.25) is 0 Å². The van der Waals surface area contributed by atoms with Gasteiger partial charge in [0.25, 0.3) is 0 Å². The Kier molecular flexibility index (Phi) is 5.92. The van der Waals surface area contributed by atoms with Crippen LogP contribution in [0.1, 0.15) is 35.7 Å². The lowest BCUT2D eigenvalue weighted by Gasteiger charge is -2.39. The number of nitrogens with zero attached hydrogens (tertiary/aromatic N) is 1. The monoisotopic (exact) mass is 479 g/mol. The minimum Gasteiger partial charge on any atom is -0.353 e. The molecule has 31 heavy (non-hydrogen) atoms. The maximum absolute atomic E-state index is 14.2. The van der Waals surface area contributed by atoms with Crippen LogP contribution in [0, 0.1) is 28.0 Å². The molecule has 1 fully saturated rings. The summed E-state index contributed by atoms with van der Waals surface area (Å²) in [5.41, 5.74) is 0.376. The fraction of sp³-hybridized carbons (Fsp3) is 0.474. The van der Waals surface area contributed by atoms with Crippen LogP contribution in [-0.2, 0) is 24.2 Å². The molecule has 1 aromatic heterocycles. The van der Waals surface area contributed by atoms with Crippen molar-refractivity contribution in [1.29, 1.82) is 0 Å². The molecule has 4 rings (SSSR count). The van der Waals surface area contributed by atoms with Gasteiger partial charge in [-0.05, 0) is 31.5 Å². The van der Waals surface area contributed by atoms with Gasteiger partial charge in [0.2, 0.25) is 5.91 Å². The van der Waals surface area contributed by atoms with Crippen LogP contribution in [0.5, 0.6) is 0 Å². The summed E-state index contributed by atoms with van der Waals surface area (Å²) in [6.45, 7) is 0.0313. The Balaban J connectivity index is 1.49. The number of halogens is 4. The van der Waals surface area contributed by atoms with Gasteiger partial charge in [-0.25, -0.2) is 17.6 Å². The summed E-state index contributed by atoms with van der Waals surface area (Å²) < 4.78 is 76.9. The highest BCUT2D eigenvalue weighted by Crippen LogP contribution is 2.44. The van der Waals surface area contributed by atoms with E-state index in [0.29, 0.717) is 24.2 Å². The van der Waals surface area contributed by atoms with Crippen molar-refractivity contribution < 1.29 is 31.5 Å². The molecule has 2 aliphatic heterocycles. The minimum absolute atomic E-state index is 0.0313. The number of carbonyl (C=O) groups is 1. The Hall–Kier alpha value is -1.89. The SMILES string of the molecule is O=C(Cc1[nH]c(=S)n2c1CC(c1c(F)c(F)cc(F)c1F)C2)NC1CCS(O)(O)CC1. The molecule has 0 bridgehead atoms. The lowest BCUT2D eigenvalue weighted by atomic mass is 9.94. The summed E-state index contributed by atoms with van der Waals surface area (Å²) in [6, 6.07) is 0.00723. The van der Waals surface area contributed by atoms with Gasteiger partial charge >= 0.3 is 0 Å². The number of hydrogen-bond acceptors (Lipinski definition) is 4. The first kappa shape index (κ1) is 22.3. The molecule has 1 atom stereocenters. The average molecular weight is 480 g/mol. The van der Waals surface area contributed by atoms with Crippen molar-refractivity contribution in [2.75, 3.05) is 11.5 Å². The number of aromatic nitrogens is 2. The molecule has 1 aromatic carbocycles. The lowest BCUT2D eigenvalue weighted by Crippen LogP contribution is -2.40. The van der Waals surface area contributed by atoms with Gasteiger partial charge in [0.1, 0.15) is 0 Å². The molecule has 4 N–H and O–H groups in total. The zero-order valence-electron chi connectivity index (χ0n) is 16.3. The quantitative estimate of drug-likeness (QED) is 0.303. The predicted octanol–water partition coefficient (Wildman–Crippen LogP) is 4.01. The second-order valence-electron chi connectivity index (χ2n) is 7.98. The first-order chi connectivity index (χ1) is 14.6. The topological polar surface area (TPSA) is 90.3 Å². The summed E-state index contributed by atoms with van der Waals surface area (Å²) >= 11 is 5.25. The van der Waals surface area contributed by atoms with Crippen molar-refractivity contribution in [2.45, 2.75) is 44.2 Å². The van der Waals surface area contributed by atoms with E-state index in [-0.39, 0.29) is 53.7 Å². The van der Waals surface area contributed by atoms with E-state index in [0.717, 1.165) is 0 Å². The number of nitrogens with one attached hydrogen (secondary N) is 2. The number of H-pyrrole nitrogens is 1. The number of imidazole rings is 1. The lowest BCUT2D eigenvalue weighted by molar-refractivity contribution is -0.121. The Morgan fingerprint density at radius 3 is 2.42 bits per heavy atom. The molecule has 2 aliphatic rings. The van der Waals surface area contributed by atoms with Crippen LogP contribution in [-0.4, -0.2) is 42.1 Å². The van der Waals surface area contributed by atoms with Crippen LogP contribution < -0.4 is 5.32 Å². The van der Waals surface area contributed by atoms with Gasteiger partial charge in [-0.3, -0.25) is 13.9 Å². The van der Waals surface area contributed by atoms with Gasteiger partial charge in [-0.1, -0.05) is 0 Å². The first-order valence-corrected chi connectivity index (χ1v) is 12.0. The fourth-order valence-electron chi connectivity index (χ4n) is 4.28. The van der Waals surface area contributed by atoms with Gasteiger partial charge in [0, 0.05) is 53.0 Å². The maximum Gasteiger partial charge on any atom is 0.226 e. The van der Waals surface area contributed by atoms with E-state index < -0.39 is 45.3 Å². The number of benzene rings is 1. The number of aromatic amines is 1. The smallest absolute Gasteiger partial charge is 0.226 e. The van der Waals surface area contributed by atoms with Crippen molar-refractivity contribution >= 4 is 28.7 Å². The van der Waals surface area contributed by atoms with E-state index in [1.54, 1.807) is 4.57 Å². The predicted molar refractivity (Wildman–Crippen MR) is 110 cm³/mol. The average Bonchev–Trinajstić information content (AvgIpc) is 3.23. The molecular formula is C19H21F4N3O3S2. The number of amides is 1. The maximum atomic E-state index is 14.2. The second-order valence-corrected chi connectivity index (χ2v) is 10.8. The number of rotatable bonds is 4. The van der Waals surface area contributed by atoms with E-state index in [4.69, 9.17) is 12.2 Å². The van der Waals surface area contributed by atoms with Crippen LogP contribution in [0.25, 0.3) is 0 Å². The van der Waals surface area contributed by atoms with Crippen molar-refractivity contribution in [3.05, 3.63) is 51.1 Å². The Morgan fingerprint density at radius 2 is 1.81 bits per heavy atom. The van der Waals surface area contributed by atoms with Gasteiger partial charge < -0.3 is 14.9 Å². The molecule has 1 saturated heterocycles. The highest BCUT2D eigenvalue weighted by atomic mass is 32.3. The van der Waals surface area contributed by atoms with Gasteiger partial charge in [0.05, 0.1) is 6.42 Å². The summed E-state index contributed by atoms with van der Waals surface area (Å²) in [4.78, 5) is 15.4. The van der Waals surface area contributed by atoms with Crippen LogP contribution >= 0.6 is 22.8 Å². The second kappa shape index (κ2) is 8.23. The third-order valence-electron chi connectivity index (χ3n) is 5.86. The summed E-state index contributed by atoms with van der Waals surface area (Å²) in [6.07, 6.45) is 0.929. The summed E-state index contributed by atoms with van der Waals surface area (Å²) in [7, 11) is -2.55. The molecule has 0 spiro atoms. The largest absolute Gasteiger partial charge is 0.353 e.